The van der Waals surface area contributed by atoms with Crippen LogP contribution in [0.3, 0.4) is 0 Å². The Morgan fingerprint density at radius 3 is 2.85 bits per heavy atom. The van der Waals surface area contributed by atoms with Crippen molar-refractivity contribution < 1.29 is 0 Å². The zero-order chi connectivity index (χ0) is 9.84. The number of nitrogens with zero attached hydrogens (tertiary/aromatic N) is 1. The molecule has 0 unspecified atom stereocenters. The number of halogens is 1. The summed E-state index contributed by atoms with van der Waals surface area (Å²) < 4.78 is 1.02. The van der Waals surface area contributed by atoms with Gasteiger partial charge in [-0.15, -0.1) is 0 Å². The molecule has 0 atom stereocenters. The Kier molecular flexibility index (Phi) is 3.48. The summed E-state index contributed by atoms with van der Waals surface area (Å²) >= 11 is 3.48. The maximum Gasteiger partial charge on any atom is 0.0994 e. The fourth-order valence-corrected chi connectivity index (χ4v) is 1.31. The van der Waals surface area contributed by atoms with Gasteiger partial charge in [0.15, 0.2) is 0 Å². The van der Waals surface area contributed by atoms with Gasteiger partial charge in [0.05, 0.1) is 11.5 Å². The van der Waals surface area contributed by atoms with Crippen LogP contribution in [0.5, 0.6) is 0 Å². The average molecular weight is 241 g/mol. The fourth-order valence-electron chi connectivity index (χ4n) is 0.952. The molecule has 0 saturated heterocycles. The van der Waals surface area contributed by atoms with Crippen LogP contribution in [0, 0.1) is 6.92 Å². The third kappa shape index (κ3) is 2.56. The molecule has 0 aliphatic carbocycles. The molecule has 1 aromatic rings. The third-order valence-electron chi connectivity index (χ3n) is 1.80. The second-order valence-corrected chi connectivity index (χ2v) is 3.66. The Morgan fingerprint density at radius 2 is 2.23 bits per heavy atom. The van der Waals surface area contributed by atoms with Gasteiger partial charge in [-0.3, -0.25) is 0 Å². The van der Waals surface area contributed by atoms with Gasteiger partial charge in [-0.2, -0.15) is 0 Å². The molecular formula is C10H13BrN2. The van der Waals surface area contributed by atoms with Crippen LogP contribution in [-0.2, 0) is 0 Å². The molecule has 70 valence electrons. The molecule has 3 heteroatoms. The van der Waals surface area contributed by atoms with E-state index in [1.807, 2.05) is 32.0 Å². The Morgan fingerprint density at radius 1 is 1.54 bits per heavy atom. The first-order valence-electron chi connectivity index (χ1n) is 4.23. The molecule has 0 aromatic heterocycles. The normalized spacial score (nSPS) is 11.8. The summed E-state index contributed by atoms with van der Waals surface area (Å²) in [6.07, 6.45) is 0.778. The quantitative estimate of drug-likeness (QED) is 0.626. The second-order valence-electron chi connectivity index (χ2n) is 2.86. The number of hydrogen-bond acceptors (Lipinski definition) is 1. The standard InChI is InChI=1S/C10H13BrN2/c1-3-9(12)13-8-6-4-5-7(2)10(8)11/h4-6H,3H2,1-2H3,(H2,12,13). The van der Waals surface area contributed by atoms with Gasteiger partial charge in [0.25, 0.3) is 0 Å². The van der Waals surface area contributed by atoms with Gasteiger partial charge in [0.1, 0.15) is 0 Å². The van der Waals surface area contributed by atoms with Crippen LogP contribution < -0.4 is 5.73 Å². The van der Waals surface area contributed by atoms with E-state index in [0.29, 0.717) is 5.84 Å². The van der Waals surface area contributed by atoms with Crippen LogP contribution >= 0.6 is 15.9 Å². The Hall–Kier alpha value is -0.830. The van der Waals surface area contributed by atoms with Crippen molar-refractivity contribution in [1.29, 1.82) is 0 Å². The Bertz CT molecular complexity index is 332. The molecule has 2 nitrogen and oxygen atoms in total. The molecule has 1 rings (SSSR count). The molecule has 1 aromatic carbocycles. The van der Waals surface area contributed by atoms with Crippen LogP contribution in [0.4, 0.5) is 5.69 Å². The molecule has 13 heavy (non-hydrogen) atoms. The summed E-state index contributed by atoms with van der Waals surface area (Å²) in [5.74, 6) is 0.659. The molecule has 0 aliphatic rings. The van der Waals surface area contributed by atoms with Crippen molar-refractivity contribution in [3.05, 3.63) is 28.2 Å². The molecule has 0 aliphatic heterocycles. The van der Waals surface area contributed by atoms with Gasteiger partial charge in [0, 0.05) is 10.9 Å². The minimum absolute atomic E-state index is 0.659. The topological polar surface area (TPSA) is 38.4 Å². The van der Waals surface area contributed by atoms with Crippen molar-refractivity contribution in [3.63, 3.8) is 0 Å². The van der Waals surface area contributed by atoms with Crippen LogP contribution in [0.1, 0.15) is 18.9 Å². The lowest BCUT2D eigenvalue weighted by Crippen LogP contribution is -2.08. The van der Waals surface area contributed by atoms with Gasteiger partial charge in [-0.05, 0) is 34.5 Å². The third-order valence-corrected chi connectivity index (χ3v) is 2.83. The van der Waals surface area contributed by atoms with E-state index in [2.05, 4.69) is 20.9 Å². The number of hydrogen-bond donors (Lipinski definition) is 1. The van der Waals surface area contributed by atoms with Crippen LogP contribution in [-0.4, -0.2) is 5.84 Å². The molecule has 0 radical (unpaired) electrons. The molecule has 0 heterocycles. The van der Waals surface area contributed by atoms with Crippen molar-refractivity contribution in [1.82, 2.24) is 0 Å². The number of nitrogens with two attached hydrogens (primary N) is 1. The SMILES string of the molecule is CCC(N)=Nc1cccc(C)c1Br. The lowest BCUT2D eigenvalue weighted by Gasteiger charge is -2.02. The van der Waals surface area contributed by atoms with Gasteiger partial charge < -0.3 is 5.73 Å². The summed E-state index contributed by atoms with van der Waals surface area (Å²) in [4.78, 5) is 4.29. The molecule has 0 saturated carbocycles. The van der Waals surface area contributed by atoms with Crippen LogP contribution in [0.25, 0.3) is 0 Å². The van der Waals surface area contributed by atoms with E-state index in [4.69, 9.17) is 5.73 Å². The van der Waals surface area contributed by atoms with E-state index in [0.717, 1.165) is 16.6 Å². The number of benzene rings is 1. The fraction of sp³-hybridized carbons (Fsp3) is 0.300. The summed E-state index contributed by atoms with van der Waals surface area (Å²) in [5.41, 5.74) is 7.73. The van der Waals surface area contributed by atoms with Crippen LogP contribution in [0.2, 0.25) is 0 Å². The number of aryl methyl sites for hydroxylation is 1. The number of aliphatic imine (C=N–C) groups is 1. The minimum Gasteiger partial charge on any atom is -0.387 e. The molecule has 0 bridgehead atoms. The van der Waals surface area contributed by atoms with E-state index in [1.54, 1.807) is 0 Å². The van der Waals surface area contributed by atoms with E-state index in [1.165, 1.54) is 5.56 Å². The van der Waals surface area contributed by atoms with Crippen molar-refractivity contribution >= 4 is 27.5 Å². The number of amidine groups is 1. The average Bonchev–Trinajstić information content (AvgIpc) is 2.13. The summed E-state index contributed by atoms with van der Waals surface area (Å²) in [5, 5.41) is 0. The lowest BCUT2D eigenvalue weighted by molar-refractivity contribution is 1.23. The zero-order valence-corrected chi connectivity index (χ0v) is 9.43. The minimum atomic E-state index is 0.659. The van der Waals surface area contributed by atoms with Crippen molar-refractivity contribution in [3.8, 4) is 0 Å². The highest BCUT2D eigenvalue weighted by Crippen LogP contribution is 2.28. The summed E-state index contributed by atoms with van der Waals surface area (Å²) in [7, 11) is 0. The smallest absolute Gasteiger partial charge is 0.0994 e. The molecule has 0 amide bonds. The van der Waals surface area contributed by atoms with E-state index >= 15 is 0 Å². The first kappa shape index (κ1) is 10.3. The predicted molar refractivity (Wildman–Crippen MR) is 60.5 cm³/mol. The predicted octanol–water partition coefficient (Wildman–Crippen LogP) is 3.16. The second kappa shape index (κ2) is 4.42. The maximum absolute atomic E-state index is 5.65. The monoisotopic (exact) mass is 240 g/mol. The van der Waals surface area contributed by atoms with E-state index in [9.17, 15) is 0 Å². The first-order valence-corrected chi connectivity index (χ1v) is 5.02. The molecule has 0 fully saturated rings. The maximum atomic E-state index is 5.65. The zero-order valence-electron chi connectivity index (χ0n) is 7.84. The van der Waals surface area contributed by atoms with Crippen molar-refractivity contribution in [2.75, 3.05) is 0 Å². The summed E-state index contributed by atoms with van der Waals surface area (Å²) in [6.45, 7) is 4.02. The Balaban J connectivity index is 3.09. The van der Waals surface area contributed by atoms with Crippen molar-refractivity contribution in [2.45, 2.75) is 20.3 Å². The molecular weight excluding hydrogens is 228 g/mol. The molecule has 2 N–H and O–H groups in total. The van der Waals surface area contributed by atoms with Gasteiger partial charge in [0.2, 0.25) is 0 Å². The lowest BCUT2D eigenvalue weighted by atomic mass is 10.2. The summed E-state index contributed by atoms with van der Waals surface area (Å²) in [6, 6.07) is 5.95. The highest BCUT2D eigenvalue weighted by molar-refractivity contribution is 9.10. The van der Waals surface area contributed by atoms with Crippen molar-refractivity contribution in [2.24, 2.45) is 10.7 Å². The van der Waals surface area contributed by atoms with E-state index in [-0.39, 0.29) is 0 Å². The van der Waals surface area contributed by atoms with E-state index < -0.39 is 0 Å². The number of rotatable bonds is 2. The highest BCUT2D eigenvalue weighted by atomic mass is 79.9. The highest BCUT2D eigenvalue weighted by Gasteiger charge is 2.00. The largest absolute Gasteiger partial charge is 0.387 e. The first-order chi connectivity index (χ1) is 6.15. The molecule has 0 spiro atoms. The van der Waals surface area contributed by atoms with Crippen LogP contribution in [0.15, 0.2) is 27.7 Å². The Labute approximate surface area is 87.0 Å². The van der Waals surface area contributed by atoms with Gasteiger partial charge in [-0.25, -0.2) is 4.99 Å². The van der Waals surface area contributed by atoms with Gasteiger partial charge >= 0.3 is 0 Å². The van der Waals surface area contributed by atoms with Gasteiger partial charge in [-0.1, -0.05) is 19.1 Å².